The molecule has 25 heavy (non-hydrogen) atoms. The minimum Gasteiger partial charge on any atom is -0.496 e. The van der Waals surface area contributed by atoms with Crippen LogP contribution in [0.3, 0.4) is 0 Å². The first kappa shape index (κ1) is 17.7. The standard InChI is InChI=1S/C19H27N3O3/c1-13-10-14(6-7-17(13)25-2)12-22-9-8-20-19(24)16(22)11-18(23)21-15-4-3-5-15/h6-7,10,15-16H,3-5,8-9,11-12H2,1-2H3,(H,20,24)(H,21,23). The summed E-state index contributed by atoms with van der Waals surface area (Å²) in [6.45, 7) is 4.03. The first-order chi connectivity index (χ1) is 12.1. The highest BCUT2D eigenvalue weighted by atomic mass is 16.5. The number of aryl methyl sites for hydroxylation is 1. The van der Waals surface area contributed by atoms with Gasteiger partial charge in [0.2, 0.25) is 11.8 Å². The number of methoxy groups -OCH3 is 1. The first-order valence-corrected chi connectivity index (χ1v) is 9.01. The summed E-state index contributed by atoms with van der Waals surface area (Å²) < 4.78 is 5.30. The quantitative estimate of drug-likeness (QED) is 0.817. The smallest absolute Gasteiger partial charge is 0.237 e. The molecule has 136 valence electrons. The molecule has 1 aromatic carbocycles. The van der Waals surface area contributed by atoms with Crippen LogP contribution in [0.15, 0.2) is 18.2 Å². The zero-order chi connectivity index (χ0) is 17.8. The average molecular weight is 345 g/mol. The zero-order valence-corrected chi connectivity index (χ0v) is 15.0. The molecule has 6 nitrogen and oxygen atoms in total. The van der Waals surface area contributed by atoms with E-state index in [9.17, 15) is 9.59 Å². The lowest BCUT2D eigenvalue weighted by atomic mass is 9.93. The van der Waals surface area contributed by atoms with Crippen LogP contribution < -0.4 is 15.4 Å². The minimum absolute atomic E-state index is 0.0253. The summed E-state index contributed by atoms with van der Waals surface area (Å²) in [6, 6.07) is 5.95. The maximum atomic E-state index is 12.3. The Labute approximate surface area is 148 Å². The second kappa shape index (κ2) is 7.87. The number of carbonyl (C=O) groups excluding carboxylic acids is 2. The van der Waals surface area contributed by atoms with Crippen molar-refractivity contribution >= 4 is 11.8 Å². The van der Waals surface area contributed by atoms with Gasteiger partial charge in [0.1, 0.15) is 5.75 Å². The first-order valence-electron chi connectivity index (χ1n) is 9.01. The van der Waals surface area contributed by atoms with E-state index in [0.717, 1.165) is 36.3 Å². The Bertz CT molecular complexity index is 643. The van der Waals surface area contributed by atoms with Gasteiger partial charge in [-0.25, -0.2) is 0 Å². The summed E-state index contributed by atoms with van der Waals surface area (Å²) >= 11 is 0. The van der Waals surface area contributed by atoms with E-state index in [1.807, 2.05) is 19.1 Å². The van der Waals surface area contributed by atoms with Crippen LogP contribution in [0.25, 0.3) is 0 Å². The number of rotatable bonds is 6. The van der Waals surface area contributed by atoms with E-state index in [4.69, 9.17) is 4.74 Å². The number of hydrogen-bond donors (Lipinski definition) is 2. The van der Waals surface area contributed by atoms with Crippen molar-refractivity contribution in [3.63, 3.8) is 0 Å². The van der Waals surface area contributed by atoms with Gasteiger partial charge in [-0.1, -0.05) is 12.1 Å². The van der Waals surface area contributed by atoms with Gasteiger partial charge in [-0.15, -0.1) is 0 Å². The molecule has 6 heteroatoms. The molecule has 2 fully saturated rings. The van der Waals surface area contributed by atoms with E-state index in [1.165, 1.54) is 6.42 Å². The maximum Gasteiger partial charge on any atom is 0.237 e. The van der Waals surface area contributed by atoms with Crippen molar-refractivity contribution in [3.8, 4) is 5.75 Å². The number of benzene rings is 1. The van der Waals surface area contributed by atoms with Crippen LogP contribution in [0.1, 0.15) is 36.8 Å². The molecule has 0 spiro atoms. The molecule has 1 saturated carbocycles. The number of amides is 2. The summed E-state index contributed by atoms with van der Waals surface area (Å²) in [4.78, 5) is 26.7. The lowest BCUT2D eigenvalue weighted by Crippen LogP contribution is -2.56. The highest BCUT2D eigenvalue weighted by Crippen LogP contribution is 2.22. The molecule has 2 amide bonds. The van der Waals surface area contributed by atoms with Gasteiger partial charge in [0, 0.05) is 25.7 Å². The van der Waals surface area contributed by atoms with Gasteiger partial charge in [-0.05, 0) is 43.4 Å². The lowest BCUT2D eigenvalue weighted by molar-refractivity contribution is -0.134. The van der Waals surface area contributed by atoms with Gasteiger partial charge in [0.15, 0.2) is 0 Å². The Hall–Kier alpha value is -2.08. The molecular weight excluding hydrogens is 318 g/mol. The molecule has 1 aliphatic carbocycles. The van der Waals surface area contributed by atoms with E-state index in [-0.39, 0.29) is 18.2 Å². The number of carbonyl (C=O) groups is 2. The third-order valence-corrected chi connectivity index (χ3v) is 5.14. The highest BCUT2D eigenvalue weighted by molar-refractivity contribution is 5.88. The van der Waals surface area contributed by atoms with Gasteiger partial charge in [-0.2, -0.15) is 0 Å². The van der Waals surface area contributed by atoms with Crippen LogP contribution in [-0.4, -0.2) is 49.0 Å². The van der Waals surface area contributed by atoms with E-state index in [2.05, 4.69) is 21.6 Å². The number of hydrogen-bond acceptors (Lipinski definition) is 4. The predicted molar refractivity (Wildman–Crippen MR) is 95.3 cm³/mol. The van der Waals surface area contributed by atoms with Gasteiger partial charge in [-0.3, -0.25) is 14.5 Å². The average Bonchev–Trinajstić information content (AvgIpc) is 2.54. The number of nitrogens with zero attached hydrogens (tertiary/aromatic N) is 1. The number of piperazine rings is 1. The van der Waals surface area contributed by atoms with Crippen molar-refractivity contribution in [1.82, 2.24) is 15.5 Å². The summed E-state index contributed by atoms with van der Waals surface area (Å²) in [6.07, 6.45) is 3.50. The van der Waals surface area contributed by atoms with Crippen LogP contribution in [0, 0.1) is 6.92 Å². The van der Waals surface area contributed by atoms with Crippen molar-refractivity contribution in [2.75, 3.05) is 20.2 Å². The maximum absolute atomic E-state index is 12.3. The summed E-state index contributed by atoms with van der Waals surface area (Å²) in [5.74, 6) is 0.777. The Morgan fingerprint density at radius 3 is 2.84 bits per heavy atom. The third-order valence-electron chi connectivity index (χ3n) is 5.14. The molecule has 0 aromatic heterocycles. The van der Waals surface area contributed by atoms with Gasteiger partial charge in [0.05, 0.1) is 19.6 Å². The Balaban J connectivity index is 1.65. The van der Waals surface area contributed by atoms with Crippen LogP contribution in [0.4, 0.5) is 0 Å². The fourth-order valence-corrected chi connectivity index (χ4v) is 3.46. The number of nitrogens with one attached hydrogen (secondary N) is 2. The molecule has 0 radical (unpaired) electrons. The summed E-state index contributed by atoms with van der Waals surface area (Å²) in [7, 11) is 1.66. The topological polar surface area (TPSA) is 70.7 Å². The van der Waals surface area contributed by atoms with Crippen LogP contribution in [0.5, 0.6) is 5.75 Å². The monoisotopic (exact) mass is 345 g/mol. The SMILES string of the molecule is COc1ccc(CN2CCNC(=O)C2CC(=O)NC2CCC2)cc1C. The molecule has 2 N–H and O–H groups in total. The van der Waals surface area contributed by atoms with E-state index < -0.39 is 6.04 Å². The molecule has 1 atom stereocenters. The highest BCUT2D eigenvalue weighted by Gasteiger charge is 2.32. The molecule has 1 aliphatic heterocycles. The van der Waals surface area contributed by atoms with Crippen LogP contribution >= 0.6 is 0 Å². The molecular formula is C19H27N3O3. The number of ether oxygens (including phenoxy) is 1. The van der Waals surface area contributed by atoms with Crippen molar-refractivity contribution < 1.29 is 14.3 Å². The zero-order valence-electron chi connectivity index (χ0n) is 15.0. The lowest BCUT2D eigenvalue weighted by Gasteiger charge is -2.35. The summed E-state index contributed by atoms with van der Waals surface area (Å²) in [5, 5.41) is 5.91. The van der Waals surface area contributed by atoms with Gasteiger partial charge < -0.3 is 15.4 Å². The molecule has 0 bridgehead atoms. The predicted octanol–water partition coefficient (Wildman–Crippen LogP) is 1.36. The van der Waals surface area contributed by atoms with Gasteiger partial charge in [0.25, 0.3) is 0 Å². The largest absolute Gasteiger partial charge is 0.496 e. The molecule has 3 rings (SSSR count). The van der Waals surface area contributed by atoms with Crippen molar-refractivity contribution in [2.24, 2.45) is 0 Å². The van der Waals surface area contributed by atoms with Crippen molar-refractivity contribution in [3.05, 3.63) is 29.3 Å². The fourth-order valence-electron chi connectivity index (χ4n) is 3.46. The van der Waals surface area contributed by atoms with E-state index in [1.54, 1.807) is 7.11 Å². The second-order valence-corrected chi connectivity index (χ2v) is 6.98. The van der Waals surface area contributed by atoms with Crippen molar-refractivity contribution in [1.29, 1.82) is 0 Å². The molecule has 1 unspecified atom stereocenters. The van der Waals surface area contributed by atoms with E-state index >= 15 is 0 Å². The van der Waals surface area contributed by atoms with Crippen LogP contribution in [0.2, 0.25) is 0 Å². The normalized spacial score (nSPS) is 21.4. The summed E-state index contributed by atoms with van der Waals surface area (Å²) in [5.41, 5.74) is 2.19. The third kappa shape index (κ3) is 4.31. The van der Waals surface area contributed by atoms with E-state index in [0.29, 0.717) is 19.1 Å². The Morgan fingerprint density at radius 1 is 1.40 bits per heavy atom. The molecule has 1 saturated heterocycles. The van der Waals surface area contributed by atoms with Crippen LogP contribution in [-0.2, 0) is 16.1 Å². The molecule has 1 aromatic rings. The second-order valence-electron chi connectivity index (χ2n) is 6.98. The fraction of sp³-hybridized carbons (Fsp3) is 0.579. The Morgan fingerprint density at radius 2 is 2.20 bits per heavy atom. The van der Waals surface area contributed by atoms with Gasteiger partial charge >= 0.3 is 0 Å². The minimum atomic E-state index is -0.406. The van der Waals surface area contributed by atoms with Crippen molar-refractivity contribution in [2.45, 2.75) is 51.2 Å². The molecule has 2 aliphatic rings. The molecule has 1 heterocycles. The Kier molecular flexibility index (Phi) is 5.58.